The monoisotopic (exact) mass is 583 g/mol. The van der Waals surface area contributed by atoms with Crippen molar-refractivity contribution in [2.24, 2.45) is 5.92 Å². The van der Waals surface area contributed by atoms with E-state index >= 15 is 0 Å². The minimum absolute atomic E-state index is 0.0809. The van der Waals surface area contributed by atoms with Crippen LogP contribution in [0.3, 0.4) is 0 Å². The molecule has 0 bridgehead atoms. The van der Waals surface area contributed by atoms with E-state index in [4.69, 9.17) is 23.7 Å². The zero-order valence-corrected chi connectivity index (χ0v) is 26.1. The minimum atomic E-state index is -0.557. The molecule has 2 atom stereocenters. The Labute approximate surface area is 251 Å². The van der Waals surface area contributed by atoms with Gasteiger partial charge in [0.2, 0.25) is 5.88 Å². The van der Waals surface area contributed by atoms with E-state index in [1.165, 1.54) is 19.3 Å². The summed E-state index contributed by atoms with van der Waals surface area (Å²) in [4.78, 5) is 14.5. The first-order valence-electron chi connectivity index (χ1n) is 15.6. The summed E-state index contributed by atoms with van der Waals surface area (Å²) in [5.41, 5.74) is 2.48. The molecular formula is C33H49N3O6. The molecule has 1 saturated carbocycles. The van der Waals surface area contributed by atoms with Crippen LogP contribution < -0.4 is 9.47 Å². The molecule has 0 N–H and O–H groups in total. The molecule has 2 aromatic rings. The number of aryl methyl sites for hydroxylation is 1. The van der Waals surface area contributed by atoms with Crippen molar-refractivity contribution < 1.29 is 28.5 Å². The van der Waals surface area contributed by atoms with Crippen molar-refractivity contribution in [2.75, 3.05) is 33.6 Å². The Kier molecular flexibility index (Phi) is 11.8. The molecule has 9 heteroatoms. The third-order valence-corrected chi connectivity index (χ3v) is 7.80. The van der Waals surface area contributed by atoms with Crippen molar-refractivity contribution in [2.45, 2.75) is 103 Å². The number of nitrogens with zero attached hydrogens (tertiary/aromatic N) is 3. The van der Waals surface area contributed by atoms with E-state index in [9.17, 15) is 4.79 Å². The van der Waals surface area contributed by atoms with Crippen LogP contribution in [0.4, 0.5) is 4.79 Å². The van der Waals surface area contributed by atoms with Crippen molar-refractivity contribution in [3.8, 4) is 22.8 Å². The van der Waals surface area contributed by atoms with Crippen LogP contribution in [0.15, 0.2) is 30.3 Å². The Hall–Kier alpha value is -2.91. The first-order chi connectivity index (χ1) is 20.3. The van der Waals surface area contributed by atoms with Gasteiger partial charge in [-0.25, -0.2) is 4.79 Å². The first kappa shape index (κ1) is 32.0. The van der Waals surface area contributed by atoms with Crippen LogP contribution in [-0.2, 0) is 20.6 Å². The molecule has 2 fully saturated rings. The van der Waals surface area contributed by atoms with E-state index < -0.39 is 5.60 Å². The molecule has 0 spiro atoms. The first-order valence-corrected chi connectivity index (χ1v) is 15.6. The molecule has 1 amide bonds. The summed E-state index contributed by atoms with van der Waals surface area (Å²) in [5, 5.41) is 9.00. The van der Waals surface area contributed by atoms with E-state index in [-0.39, 0.29) is 24.9 Å². The Morgan fingerprint density at radius 1 is 1.05 bits per heavy atom. The molecule has 1 aliphatic carbocycles. The number of hydrogen-bond acceptors (Lipinski definition) is 8. The van der Waals surface area contributed by atoms with Crippen LogP contribution >= 0.6 is 0 Å². The summed E-state index contributed by atoms with van der Waals surface area (Å²) in [6, 6.07) is 10.3. The lowest BCUT2D eigenvalue weighted by Gasteiger charge is -2.38. The van der Waals surface area contributed by atoms with Crippen molar-refractivity contribution >= 4 is 6.09 Å². The number of likely N-dealkylation sites (tertiary alicyclic amines) is 1. The van der Waals surface area contributed by atoms with Crippen molar-refractivity contribution in [1.82, 2.24) is 15.1 Å². The molecule has 4 rings (SSSR count). The molecule has 232 valence electrons. The Morgan fingerprint density at radius 3 is 2.50 bits per heavy atom. The lowest BCUT2D eigenvalue weighted by Crippen LogP contribution is -2.50. The van der Waals surface area contributed by atoms with Gasteiger partial charge in [-0.1, -0.05) is 31.9 Å². The predicted molar refractivity (Wildman–Crippen MR) is 162 cm³/mol. The molecule has 1 aromatic heterocycles. The highest BCUT2D eigenvalue weighted by Crippen LogP contribution is 2.30. The number of benzene rings is 1. The molecule has 1 saturated heterocycles. The van der Waals surface area contributed by atoms with Crippen molar-refractivity contribution in [3.05, 3.63) is 36.0 Å². The molecule has 0 unspecified atom stereocenters. The molecule has 0 radical (unpaired) electrons. The number of hydrogen-bond donors (Lipinski definition) is 0. The highest BCUT2D eigenvalue weighted by molar-refractivity contribution is 5.68. The SMILES string of the molecule is CCCCc1nnc(OC[C@H]2CN(C(=O)OC(C)(C)C)CC[C@H]2OCOC)cc1-c1ccc(OC2CCCCC2)cc1. The molecule has 2 aliphatic rings. The van der Waals surface area contributed by atoms with Gasteiger partial charge in [0.1, 0.15) is 18.1 Å². The quantitative estimate of drug-likeness (QED) is 0.251. The average molecular weight is 584 g/mol. The Morgan fingerprint density at radius 2 is 1.81 bits per heavy atom. The average Bonchev–Trinajstić information content (AvgIpc) is 2.98. The van der Waals surface area contributed by atoms with Gasteiger partial charge < -0.3 is 28.6 Å². The van der Waals surface area contributed by atoms with Gasteiger partial charge in [0, 0.05) is 37.7 Å². The maximum absolute atomic E-state index is 12.8. The van der Waals surface area contributed by atoms with E-state index in [2.05, 4.69) is 41.4 Å². The van der Waals surface area contributed by atoms with Crippen LogP contribution in [0.2, 0.25) is 0 Å². The summed E-state index contributed by atoms with van der Waals surface area (Å²) in [6.45, 7) is 9.31. The highest BCUT2D eigenvalue weighted by atomic mass is 16.7. The van der Waals surface area contributed by atoms with Gasteiger partial charge in [-0.15, -0.1) is 5.10 Å². The highest BCUT2D eigenvalue weighted by Gasteiger charge is 2.35. The molecular weight excluding hydrogens is 534 g/mol. The van der Waals surface area contributed by atoms with Gasteiger partial charge in [0.05, 0.1) is 24.5 Å². The number of amides is 1. The summed E-state index contributed by atoms with van der Waals surface area (Å²) in [6.07, 6.45) is 9.56. The number of piperidine rings is 1. The van der Waals surface area contributed by atoms with E-state index in [0.29, 0.717) is 38.1 Å². The second kappa shape index (κ2) is 15.5. The zero-order chi connectivity index (χ0) is 30.0. The lowest BCUT2D eigenvalue weighted by atomic mass is 9.95. The summed E-state index contributed by atoms with van der Waals surface area (Å²) in [7, 11) is 1.60. The maximum Gasteiger partial charge on any atom is 0.410 e. The summed E-state index contributed by atoms with van der Waals surface area (Å²) < 4.78 is 29.2. The van der Waals surface area contributed by atoms with Crippen molar-refractivity contribution in [1.29, 1.82) is 0 Å². The topological polar surface area (TPSA) is 92.2 Å². The molecule has 9 nitrogen and oxygen atoms in total. The molecule has 2 heterocycles. The van der Waals surface area contributed by atoms with Crippen LogP contribution in [0.1, 0.15) is 84.8 Å². The van der Waals surface area contributed by atoms with Gasteiger partial charge in [-0.2, -0.15) is 5.10 Å². The normalized spacial score (nSPS) is 19.9. The molecule has 1 aliphatic heterocycles. The van der Waals surface area contributed by atoms with Crippen LogP contribution in [0, 0.1) is 5.92 Å². The maximum atomic E-state index is 12.8. The van der Waals surface area contributed by atoms with Gasteiger partial charge in [0.25, 0.3) is 0 Å². The van der Waals surface area contributed by atoms with Crippen LogP contribution in [0.5, 0.6) is 11.6 Å². The third-order valence-electron chi connectivity index (χ3n) is 7.80. The van der Waals surface area contributed by atoms with Gasteiger partial charge in [0.15, 0.2) is 0 Å². The van der Waals surface area contributed by atoms with Gasteiger partial charge >= 0.3 is 6.09 Å². The number of carbonyl (C=O) groups excluding carboxylic acids is 1. The largest absolute Gasteiger partial charge is 0.490 e. The lowest BCUT2D eigenvalue weighted by molar-refractivity contribution is -0.116. The van der Waals surface area contributed by atoms with Crippen LogP contribution in [0.25, 0.3) is 11.1 Å². The smallest absolute Gasteiger partial charge is 0.410 e. The fourth-order valence-electron chi connectivity index (χ4n) is 5.57. The number of rotatable bonds is 12. The van der Waals surface area contributed by atoms with E-state index in [1.807, 2.05) is 26.8 Å². The van der Waals surface area contributed by atoms with Gasteiger partial charge in [-0.05, 0) is 83.4 Å². The number of methoxy groups -OCH3 is 1. The Balaban J connectivity index is 1.47. The number of carbonyl (C=O) groups is 1. The minimum Gasteiger partial charge on any atom is -0.490 e. The Bertz CT molecular complexity index is 1110. The number of unbranched alkanes of at least 4 members (excludes halogenated alkanes) is 1. The van der Waals surface area contributed by atoms with E-state index in [0.717, 1.165) is 54.7 Å². The van der Waals surface area contributed by atoms with E-state index in [1.54, 1.807) is 12.0 Å². The van der Waals surface area contributed by atoms with Gasteiger partial charge in [-0.3, -0.25) is 0 Å². The summed E-state index contributed by atoms with van der Waals surface area (Å²) >= 11 is 0. The summed E-state index contributed by atoms with van der Waals surface area (Å²) in [5.74, 6) is 1.28. The number of ether oxygens (including phenoxy) is 5. The van der Waals surface area contributed by atoms with Crippen LogP contribution in [-0.4, -0.2) is 72.6 Å². The van der Waals surface area contributed by atoms with Crippen molar-refractivity contribution in [3.63, 3.8) is 0 Å². The third kappa shape index (κ3) is 9.56. The number of aromatic nitrogens is 2. The molecule has 42 heavy (non-hydrogen) atoms. The fraction of sp³-hybridized carbons (Fsp3) is 0.667. The fourth-order valence-corrected chi connectivity index (χ4v) is 5.57. The second-order valence-electron chi connectivity index (χ2n) is 12.4. The zero-order valence-electron chi connectivity index (χ0n) is 26.1. The predicted octanol–water partition coefficient (Wildman–Crippen LogP) is 6.82. The molecule has 1 aromatic carbocycles. The second-order valence-corrected chi connectivity index (χ2v) is 12.4. The standard InChI is InChI=1S/C33H49N3O6/c1-6-7-13-29-28(24-14-16-27(17-15-24)41-26-11-9-8-10-12-26)20-31(35-34-29)39-22-25-21-36(32(37)42-33(2,3)4)19-18-30(25)40-23-38-5/h14-17,20,25-26,30H,6-13,18-19,21-23H2,1-5H3/t25-,30-/m1/s1.